The number of carbonyl (C=O) groups excluding carboxylic acids is 1. The van der Waals surface area contributed by atoms with Crippen LogP contribution in [-0.2, 0) is 17.6 Å². The second-order valence-corrected chi connectivity index (χ2v) is 6.49. The summed E-state index contributed by atoms with van der Waals surface area (Å²) in [7, 11) is 0. The largest absolute Gasteiger partial charge is 0.478 e. The number of carboxylic acids is 1. The molecule has 0 spiro atoms. The maximum atomic E-state index is 12.2. The lowest BCUT2D eigenvalue weighted by atomic mass is 9.94. The van der Waals surface area contributed by atoms with Crippen LogP contribution in [-0.4, -0.2) is 17.0 Å². The van der Waals surface area contributed by atoms with Crippen LogP contribution < -0.4 is 5.32 Å². The molecule has 1 aliphatic rings. The number of hydrogen-bond donors (Lipinski definition) is 2. The van der Waals surface area contributed by atoms with Crippen LogP contribution in [0.2, 0.25) is 0 Å². The Hall–Kier alpha value is -2.14. The molecular weight excluding hydrogens is 298 g/mol. The van der Waals surface area contributed by atoms with Crippen LogP contribution in [0.1, 0.15) is 45.2 Å². The molecule has 0 radical (unpaired) electrons. The first-order valence-electron chi connectivity index (χ1n) is 7.31. The third-order valence-electron chi connectivity index (χ3n) is 3.93. The van der Waals surface area contributed by atoms with Gasteiger partial charge in [-0.05, 0) is 54.0 Å². The molecule has 0 bridgehead atoms. The molecule has 3 rings (SSSR count). The Morgan fingerprint density at radius 3 is 3.00 bits per heavy atom. The van der Waals surface area contributed by atoms with Crippen LogP contribution in [0, 0.1) is 0 Å². The lowest BCUT2D eigenvalue weighted by Gasteiger charge is -2.23. The standard InChI is InChI=1S/C17H17NO3S/c19-16(10-11-3-1-4-12(9-11)17(20)21)18-14-5-2-6-15-13(14)7-8-22-15/h1,3-4,7-9,14H,2,5-6,10H2,(H,18,19)(H,20,21). The predicted molar refractivity (Wildman–Crippen MR) is 85.2 cm³/mol. The zero-order chi connectivity index (χ0) is 15.5. The third kappa shape index (κ3) is 3.20. The average Bonchev–Trinajstić information content (AvgIpc) is 2.97. The van der Waals surface area contributed by atoms with E-state index in [0.29, 0.717) is 0 Å². The van der Waals surface area contributed by atoms with Crippen molar-refractivity contribution in [3.8, 4) is 0 Å². The van der Waals surface area contributed by atoms with Gasteiger partial charge in [0.1, 0.15) is 0 Å². The number of benzene rings is 1. The molecule has 1 unspecified atom stereocenters. The number of nitrogens with one attached hydrogen (secondary N) is 1. The van der Waals surface area contributed by atoms with Crippen LogP contribution in [0.4, 0.5) is 0 Å². The van der Waals surface area contributed by atoms with Gasteiger partial charge in [0.05, 0.1) is 18.0 Å². The number of hydrogen-bond acceptors (Lipinski definition) is 3. The maximum Gasteiger partial charge on any atom is 0.335 e. The van der Waals surface area contributed by atoms with Gasteiger partial charge in [-0.3, -0.25) is 4.79 Å². The molecule has 1 aromatic heterocycles. The molecule has 1 amide bonds. The summed E-state index contributed by atoms with van der Waals surface area (Å²) in [5, 5.41) is 14.1. The van der Waals surface area contributed by atoms with Gasteiger partial charge in [-0.2, -0.15) is 0 Å². The quantitative estimate of drug-likeness (QED) is 0.910. The van der Waals surface area contributed by atoms with Gasteiger partial charge in [0.2, 0.25) is 5.91 Å². The summed E-state index contributed by atoms with van der Waals surface area (Å²) >= 11 is 1.75. The zero-order valence-corrected chi connectivity index (χ0v) is 12.9. The Bertz CT molecular complexity index is 707. The van der Waals surface area contributed by atoms with Gasteiger partial charge in [0.15, 0.2) is 0 Å². The number of fused-ring (bicyclic) bond motifs is 1. The predicted octanol–water partition coefficient (Wildman–Crippen LogP) is 3.18. The van der Waals surface area contributed by atoms with Gasteiger partial charge in [-0.15, -0.1) is 11.3 Å². The van der Waals surface area contributed by atoms with E-state index >= 15 is 0 Å². The first-order valence-corrected chi connectivity index (χ1v) is 8.19. The van der Waals surface area contributed by atoms with Crippen molar-refractivity contribution in [2.75, 3.05) is 0 Å². The van der Waals surface area contributed by atoms with Gasteiger partial charge in [0, 0.05) is 4.88 Å². The van der Waals surface area contributed by atoms with Gasteiger partial charge < -0.3 is 10.4 Å². The summed E-state index contributed by atoms with van der Waals surface area (Å²) < 4.78 is 0. The molecule has 0 saturated carbocycles. The fourth-order valence-electron chi connectivity index (χ4n) is 2.88. The molecule has 1 aliphatic carbocycles. The Balaban J connectivity index is 1.67. The van der Waals surface area contributed by atoms with E-state index in [4.69, 9.17) is 5.11 Å². The fourth-order valence-corrected chi connectivity index (χ4v) is 3.87. The molecular formula is C17H17NO3S. The summed E-state index contributed by atoms with van der Waals surface area (Å²) in [6, 6.07) is 8.72. The first-order chi connectivity index (χ1) is 10.6. The SMILES string of the molecule is O=C(Cc1cccc(C(=O)O)c1)NC1CCCc2sccc21. The molecule has 1 heterocycles. The van der Waals surface area contributed by atoms with Crippen molar-refractivity contribution in [2.24, 2.45) is 0 Å². The first kappa shape index (κ1) is 14.8. The highest BCUT2D eigenvalue weighted by Gasteiger charge is 2.22. The van der Waals surface area contributed by atoms with Crippen molar-refractivity contribution in [1.29, 1.82) is 0 Å². The van der Waals surface area contributed by atoms with Crippen molar-refractivity contribution >= 4 is 23.2 Å². The van der Waals surface area contributed by atoms with Gasteiger partial charge in [-0.25, -0.2) is 4.79 Å². The molecule has 4 nitrogen and oxygen atoms in total. The van der Waals surface area contributed by atoms with Crippen molar-refractivity contribution in [3.05, 3.63) is 57.3 Å². The number of carboxylic acid groups (broad SMARTS) is 1. The minimum atomic E-state index is -0.975. The molecule has 1 atom stereocenters. The Kier molecular flexibility index (Phi) is 4.24. The van der Waals surface area contributed by atoms with Crippen molar-refractivity contribution in [3.63, 3.8) is 0 Å². The molecule has 1 aromatic carbocycles. The van der Waals surface area contributed by atoms with E-state index in [0.717, 1.165) is 24.8 Å². The molecule has 0 saturated heterocycles. The second kappa shape index (κ2) is 6.32. The normalized spacial score (nSPS) is 16.8. The maximum absolute atomic E-state index is 12.2. The summed E-state index contributed by atoms with van der Waals surface area (Å²) in [4.78, 5) is 24.6. The summed E-state index contributed by atoms with van der Waals surface area (Å²) in [5.41, 5.74) is 2.17. The molecule has 0 aliphatic heterocycles. The number of rotatable bonds is 4. The highest BCUT2D eigenvalue weighted by atomic mass is 32.1. The Labute approximate surface area is 132 Å². The third-order valence-corrected chi connectivity index (χ3v) is 4.92. The second-order valence-electron chi connectivity index (χ2n) is 5.49. The fraction of sp³-hybridized carbons (Fsp3) is 0.294. The number of aromatic carboxylic acids is 1. The smallest absolute Gasteiger partial charge is 0.335 e. The minimum absolute atomic E-state index is 0.0633. The number of carbonyl (C=O) groups is 2. The van der Waals surface area contributed by atoms with Crippen molar-refractivity contribution in [2.45, 2.75) is 31.7 Å². The summed E-state index contributed by atoms with van der Waals surface area (Å²) in [6.07, 6.45) is 3.36. The Morgan fingerprint density at radius 2 is 2.18 bits per heavy atom. The molecule has 22 heavy (non-hydrogen) atoms. The van der Waals surface area contributed by atoms with Gasteiger partial charge in [0.25, 0.3) is 0 Å². The van der Waals surface area contributed by atoms with Crippen LogP contribution in [0.25, 0.3) is 0 Å². The van der Waals surface area contributed by atoms with E-state index in [9.17, 15) is 9.59 Å². The van der Waals surface area contributed by atoms with E-state index in [1.165, 1.54) is 16.5 Å². The number of aryl methyl sites for hydroxylation is 1. The van der Waals surface area contributed by atoms with E-state index in [2.05, 4.69) is 16.8 Å². The highest BCUT2D eigenvalue weighted by molar-refractivity contribution is 7.10. The number of amides is 1. The van der Waals surface area contributed by atoms with Crippen LogP contribution in [0.3, 0.4) is 0 Å². The van der Waals surface area contributed by atoms with E-state index in [-0.39, 0.29) is 23.9 Å². The van der Waals surface area contributed by atoms with Gasteiger partial charge in [-0.1, -0.05) is 12.1 Å². The molecule has 2 N–H and O–H groups in total. The number of thiophene rings is 1. The average molecular weight is 315 g/mol. The molecule has 114 valence electrons. The Morgan fingerprint density at radius 1 is 1.32 bits per heavy atom. The topological polar surface area (TPSA) is 66.4 Å². The lowest BCUT2D eigenvalue weighted by Crippen LogP contribution is -2.31. The van der Waals surface area contributed by atoms with Gasteiger partial charge >= 0.3 is 5.97 Å². The minimum Gasteiger partial charge on any atom is -0.478 e. The van der Waals surface area contributed by atoms with Crippen molar-refractivity contribution in [1.82, 2.24) is 5.32 Å². The van der Waals surface area contributed by atoms with Crippen LogP contribution in [0.15, 0.2) is 35.7 Å². The monoisotopic (exact) mass is 315 g/mol. The highest BCUT2D eigenvalue weighted by Crippen LogP contribution is 2.33. The van der Waals surface area contributed by atoms with Crippen molar-refractivity contribution < 1.29 is 14.7 Å². The molecule has 2 aromatic rings. The zero-order valence-electron chi connectivity index (χ0n) is 12.0. The van der Waals surface area contributed by atoms with E-state index in [1.807, 2.05) is 0 Å². The summed E-state index contributed by atoms with van der Waals surface area (Å²) in [5.74, 6) is -1.04. The van der Waals surface area contributed by atoms with E-state index in [1.54, 1.807) is 29.5 Å². The molecule has 5 heteroatoms. The molecule has 0 fully saturated rings. The summed E-state index contributed by atoms with van der Waals surface area (Å²) in [6.45, 7) is 0. The van der Waals surface area contributed by atoms with Crippen LogP contribution in [0.5, 0.6) is 0 Å². The lowest BCUT2D eigenvalue weighted by molar-refractivity contribution is -0.121. The van der Waals surface area contributed by atoms with E-state index < -0.39 is 5.97 Å². The van der Waals surface area contributed by atoms with Crippen LogP contribution >= 0.6 is 11.3 Å².